The van der Waals surface area contributed by atoms with E-state index in [9.17, 15) is 16.8 Å². The Balaban J connectivity index is 1.73. The maximum atomic E-state index is 12.5. The van der Waals surface area contributed by atoms with Crippen LogP contribution in [0.4, 0.5) is 5.69 Å². The van der Waals surface area contributed by atoms with Crippen molar-refractivity contribution in [3.63, 3.8) is 0 Å². The fourth-order valence-electron chi connectivity index (χ4n) is 2.52. The Hall–Kier alpha value is -1.62. The minimum absolute atomic E-state index is 0.0385. The molecule has 2 aromatic rings. The molecule has 0 bridgehead atoms. The van der Waals surface area contributed by atoms with Crippen LogP contribution in [0.3, 0.4) is 0 Å². The number of rotatable bonds is 5. The highest BCUT2D eigenvalue weighted by Crippen LogP contribution is 2.27. The Bertz CT molecular complexity index is 1040. The Morgan fingerprint density at radius 3 is 2.30 bits per heavy atom. The van der Waals surface area contributed by atoms with Crippen LogP contribution in [0.2, 0.25) is 4.34 Å². The molecule has 0 radical (unpaired) electrons. The standard InChI is InChI=1S/C16H18ClN3O4S3/c17-14-9-10-16(25-14)27(23,24)19-12-5-7-13(8-6-12)26(21,22)20-15-4-2-1-3-11-18-15/h5-10,19H,1-4,11H2,(H,18,20). The molecule has 1 aromatic heterocycles. The lowest BCUT2D eigenvalue weighted by Gasteiger charge is -2.11. The highest BCUT2D eigenvalue weighted by Gasteiger charge is 2.19. The molecule has 0 amide bonds. The molecule has 0 unspecified atom stereocenters. The number of nitrogens with zero attached hydrogens (tertiary/aromatic N) is 1. The molecule has 0 aliphatic carbocycles. The molecule has 11 heteroatoms. The third-order valence-electron chi connectivity index (χ3n) is 3.86. The molecular weight excluding hydrogens is 430 g/mol. The van der Waals surface area contributed by atoms with E-state index < -0.39 is 20.0 Å². The smallest absolute Gasteiger partial charge is 0.271 e. The van der Waals surface area contributed by atoms with Gasteiger partial charge in [-0.1, -0.05) is 18.0 Å². The topological polar surface area (TPSA) is 105 Å². The summed E-state index contributed by atoms with van der Waals surface area (Å²) < 4.78 is 54.9. The highest BCUT2D eigenvalue weighted by atomic mass is 35.5. The van der Waals surface area contributed by atoms with Crippen molar-refractivity contribution in [2.45, 2.75) is 34.8 Å². The molecule has 7 nitrogen and oxygen atoms in total. The van der Waals surface area contributed by atoms with Crippen LogP contribution in [0.5, 0.6) is 0 Å². The van der Waals surface area contributed by atoms with Crippen LogP contribution >= 0.6 is 22.9 Å². The van der Waals surface area contributed by atoms with E-state index in [4.69, 9.17) is 11.6 Å². The fraction of sp³-hybridized carbons (Fsp3) is 0.312. The predicted molar refractivity (Wildman–Crippen MR) is 108 cm³/mol. The van der Waals surface area contributed by atoms with Crippen LogP contribution in [0.1, 0.15) is 25.7 Å². The maximum Gasteiger partial charge on any atom is 0.271 e. The minimum Gasteiger partial charge on any atom is -0.279 e. The monoisotopic (exact) mass is 447 g/mol. The largest absolute Gasteiger partial charge is 0.279 e. The first-order chi connectivity index (χ1) is 12.8. The zero-order valence-corrected chi connectivity index (χ0v) is 17.4. The number of sulfonamides is 2. The summed E-state index contributed by atoms with van der Waals surface area (Å²) in [4.78, 5) is 4.30. The van der Waals surface area contributed by atoms with E-state index in [0.717, 1.165) is 30.6 Å². The van der Waals surface area contributed by atoms with Gasteiger partial charge in [-0.2, -0.15) is 0 Å². The third kappa shape index (κ3) is 5.22. The highest BCUT2D eigenvalue weighted by molar-refractivity contribution is 7.94. The molecular formula is C16H18ClN3O4S3. The zero-order valence-electron chi connectivity index (χ0n) is 14.2. The molecule has 1 aliphatic rings. The molecule has 0 spiro atoms. The van der Waals surface area contributed by atoms with E-state index in [-0.39, 0.29) is 14.8 Å². The van der Waals surface area contributed by atoms with Gasteiger partial charge in [0.15, 0.2) is 0 Å². The number of anilines is 1. The van der Waals surface area contributed by atoms with Gasteiger partial charge in [0.25, 0.3) is 20.0 Å². The number of halogens is 1. The summed E-state index contributed by atoms with van der Waals surface area (Å²) in [6.45, 7) is 0.616. The Labute approximate surface area is 167 Å². The van der Waals surface area contributed by atoms with Gasteiger partial charge in [0.2, 0.25) is 0 Å². The van der Waals surface area contributed by atoms with Crippen molar-refractivity contribution in [2.24, 2.45) is 4.99 Å². The summed E-state index contributed by atoms with van der Waals surface area (Å²) in [5, 5.41) is 0. The van der Waals surface area contributed by atoms with E-state index in [0.29, 0.717) is 23.1 Å². The summed E-state index contributed by atoms with van der Waals surface area (Å²) >= 11 is 6.71. The molecule has 0 fully saturated rings. The van der Waals surface area contributed by atoms with Crippen LogP contribution in [0.25, 0.3) is 0 Å². The first-order valence-corrected chi connectivity index (χ1v) is 12.4. The van der Waals surface area contributed by atoms with Crippen molar-refractivity contribution in [3.8, 4) is 0 Å². The van der Waals surface area contributed by atoms with Crippen molar-refractivity contribution < 1.29 is 16.8 Å². The quantitative estimate of drug-likeness (QED) is 0.732. The molecule has 0 atom stereocenters. The van der Waals surface area contributed by atoms with Gasteiger partial charge in [0, 0.05) is 18.7 Å². The Kier molecular flexibility index (Phi) is 6.09. The molecule has 2 heterocycles. The number of thiophene rings is 1. The lowest BCUT2D eigenvalue weighted by molar-refractivity contribution is 0.591. The Morgan fingerprint density at radius 2 is 1.63 bits per heavy atom. The normalized spacial score (nSPS) is 15.7. The van der Waals surface area contributed by atoms with Gasteiger partial charge in [-0.15, -0.1) is 11.3 Å². The second-order valence-corrected chi connectivity index (χ2v) is 11.2. The van der Waals surface area contributed by atoms with Crippen molar-refractivity contribution in [1.82, 2.24) is 4.72 Å². The molecule has 146 valence electrons. The molecule has 3 rings (SSSR count). The van der Waals surface area contributed by atoms with Gasteiger partial charge in [-0.3, -0.25) is 14.4 Å². The van der Waals surface area contributed by atoms with Gasteiger partial charge < -0.3 is 0 Å². The SMILES string of the molecule is O=S(=O)(NC1=NCCCCC1)c1ccc(NS(=O)(=O)c2ccc(Cl)s2)cc1. The predicted octanol–water partition coefficient (Wildman–Crippen LogP) is 3.45. The van der Waals surface area contributed by atoms with E-state index in [1.54, 1.807) is 0 Å². The molecule has 1 aromatic carbocycles. The molecule has 27 heavy (non-hydrogen) atoms. The van der Waals surface area contributed by atoms with Crippen LogP contribution < -0.4 is 9.44 Å². The Morgan fingerprint density at radius 1 is 0.889 bits per heavy atom. The third-order valence-corrected chi connectivity index (χ3v) is 8.36. The van der Waals surface area contributed by atoms with Crippen molar-refractivity contribution in [3.05, 3.63) is 40.7 Å². The summed E-state index contributed by atoms with van der Waals surface area (Å²) in [5.74, 6) is 0.465. The van der Waals surface area contributed by atoms with Gasteiger partial charge >= 0.3 is 0 Å². The van der Waals surface area contributed by atoms with E-state index in [1.807, 2.05) is 0 Å². The van der Waals surface area contributed by atoms with Crippen LogP contribution in [-0.4, -0.2) is 29.2 Å². The summed E-state index contributed by atoms with van der Waals surface area (Å²) in [7, 11) is -7.53. The number of nitrogens with one attached hydrogen (secondary N) is 2. The lowest BCUT2D eigenvalue weighted by Crippen LogP contribution is -2.30. The lowest BCUT2D eigenvalue weighted by atomic mass is 10.2. The second-order valence-electron chi connectivity index (χ2n) is 5.93. The number of benzene rings is 1. The molecule has 0 saturated heterocycles. The average molecular weight is 448 g/mol. The average Bonchev–Trinajstić information content (AvgIpc) is 2.90. The van der Waals surface area contributed by atoms with Gasteiger partial charge in [0.1, 0.15) is 10.0 Å². The minimum atomic E-state index is -3.77. The van der Waals surface area contributed by atoms with Crippen LogP contribution in [0, 0.1) is 0 Å². The van der Waals surface area contributed by atoms with Crippen molar-refractivity contribution in [1.29, 1.82) is 0 Å². The fourth-order valence-corrected chi connectivity index (χ4v) is 6.15. The number of hydrogen-bond acceptors (Lipinski definition) is 6. The second kappa shape index (κ2) is 8.17. The first kappa shape index (κ1) is 20.1. The van der Waals surface area contributed by atoms with Crippen molar-refractivity contribution >= 4 is 54.5 Å². The summed E-state index contributed by atoms with van der Waals surface area (Å²) in [5.41, 5.74) is 0.255. The number of hydrogen-bond donors (Lipinski definition) is 2. The van der Waals surface area contributed by atoms with E-state index >= 15 is 0 Å². The zero-order chi connectivity index (χ0) is 19.5. The maximum absolute atomic E-state index is 12.5. The summed E-state index contributed by atoms with van der Waals surface area (Å²) in [6, 6.07) is 8.40. The van der Waals surface area contributed by atoms with Gasteiger partial charge in [-0.25, -0.2) is 16.8 Å². The molecule has 2 N–H and O–H groups in total. The number of aliphatic imine (C=N–C) groups is 1. The summed E-state index contributed by atoms with van der Waals surface area (Å²) in [6.07, 6.45) is 3.48. The molecule has 0 saturated carbocycles. The van der Waals surface area contributed by atoms with E-state index in [2.05, 4.69) is 14.4 Å². The van der Waals surface area contributed by atoms with Gasteiger partial charge in [0.05, 0.1) is 9.23 Å². The van der Waals surface area contributed by atoms with Gasteiger partial charge in [-0.05, 0) is 49.2 Å². The van der Waals surface area contributed by atoms with Crippen LogP contribution in [0.15, 0.2) is 50.5 Å². The van der Waals surface area contributed by atoms with Crippen LogP contribution in [-0.2, 0) is 20.0 Å². The van der Waals surface area contributed by atoms with E-state index in [1.165, 1.54) is 36.4 Å². The molecule has 1 aliphatic heterocycles. The van der Waals surface area contributed by atoms with Crippen molar-refractivity contribution in [2.75, 3.05) is 11.3 Å². The first-order valence-electron chi connectivity index (χ1n) is 8.21. The number of amidine groups is 1.